The molecule has 284 valence electrons. The molecule has 55 heavy (non-hydrogen) atoms. The highest BCUT2D eigenvalue weighted by Gasteiger charge is 2.49. The van der Waals surface area contributed by atoms with Crippen molar-refractivity contribution < 1.29 is 73.8 Å². The van der Waals surface area contributed by atoms with E-state index in [1.54, 1.807) is 0 Å². The Morgan fingerprint density at radius 2 is 1.31 bits per heavy atom. The van der Waals surface area contributed by atoms with E-state index in [4.69, 9.17) is 23.4 Å². The predicted molar refractivity (Wildman–Crippen MR) is 191 cm³/mol. The zero-order valence-electron chi connectivity index (χ0n) is 28.3. The summed E-state index contributed by atoms with van der Waals surface area (Å²) in [6, 6.07) is 16.8. The van der Waals surface area contributed by atoms with E-state index < -0.39 is 94.6 Å². The van der Waals surface area contributed by atoms with E-state index in [-0.39, 0.29) is 22.6 Å². The van der Waals surface area contributed by atoms with Gasteiger partial charge in [0.25, 0.3) is 0 Å². The number of fused-ring (bicyclic) bond motifs is 1. The first kappa shape index (κ1) is 37.7. The van der Waals surface area contributed by atoms with E-state index >= 15 is 0 Å². The second-order valence-electron chi connectivity index (χ2n) is 12.2. The summed E-state index contributed by atoms with van der Waals surface area (Å²) < 4.78 is 28.2. The third-order valence-electron chi connectivity index (χ3n) is 8.28. The molecule has 6 rings (SSSR count). The molecule has 5 aromatic rings. The number of benzene rings is 4. The Balaban J connectivity index is 1.33. The van der Waals surface area contributed by atoms with Crippen LogP contribution in [0.3, 0.4) is 0 Å². The van der Waals surface area contributed by atoms with Gasteiger partial charge in [-0.25, -0.2) is 9.59 Å². The molecule has 5 unspecified atom stereocenters. The number of aliphatic hydroxyl groups excluding tert-OH is 2. The van der Waals surface area contributed by atoms with Crippen molar-refractivity contribution in [3.8, 4) is 51.6 Å². The van der Waals surface area contributed by atoms with E-state index in [0.717, 1.165) is 36.4 Å². The van der Waals surface area contributed by atoms with E-state index in [9.17, 15) is 55.2 Å². The number of hydrogen-bond donors (Lipinski definition) is 8. The average Bonchev–Trinajstić information content (AvgIpc) is 3.15. The van der Waals surface area contributed by atoms with E-state index in [1.807, 2.05) is 0 Å². The van der Waals surface area contributed by atoms with Crippen LogP contribution in [0.2, 0.25) is 0 Å². The third kappa shape index (κ3) is 8.63. The molecule has 1 aromatic heterocycles. The van der Waals surface area contributed by atoms with Crippen molar-refractivity contribution in [2.45, 2.75) is 30.7 Å². The summed E-state index contributed by atoms with van der Waals surface area (Å²) in [6.45, 7) is -0.699. The van der Waals surface area contributed by atoms with Crippen molar-refractivity contribution >= 4 is 35.1 Å². The topological polar surface area (TPSA) is 263 Å². The molecule has 5 atom stereocenters. The van der Waals surface area contributed by atoms with Crippen LogP contribution in [-0.4, -0.2) is 90.1 Å². The third-order valence-corrected chi connectivity index (χ3v) is 8.28. The first-order chi connectivity index (χ1) is 26.3. The number of phenolic OH excluding ortho intramolecular Hbond substituents is 6. The largest absolute Gasteiger partial charge is 0.508 e. The molecular formula is C39H32O16. The zero-order valence-corrected chi connectivity index (χ0v) is 28.3. The highest BCUT2D eigenvalue weighted by molar-refractivity contribution is 5.89. The Bertz CT molecular complexity index is 2330. The zero-order chi connectivity index (χ0) is 39.4. The van der Waals surface area contributed by atoms with Crippen molar-refractivity contribution in [3.05, 3.63) is 112 Å². The highest BCUT2D eigenvalue weighted by Crippen LogP contribution is 2.39. The van der Waals surface area contributed by atoms with Crippen LogP contribution in [0.25, 0.3) is 34.4 Å². The fourth-order valence-electron chi connectivity index (χ4n) is 5.51. The maximum atomic E-state index is 13.9. The normalized spacial score (nSPS) is 19.8. The van der Waals surface area contributed by atoms with Gasteiger partial charge in [0.05, 0.1) is 0 Å². The molecule has 0 spiro atoms. The summed E-state index contributed by atoms with van der Waals surface area (Å²) in [7, 11) is 0. The summed E-state index contributed by atoms with van der Waals surface area (Å²) >= 11 is 0. The number of carbonyl (C=O) groups is 2. The molecule has 16 heteroatoms. The lowest BCUT2D eigenvalue weighted by atomic mass is 9.98. The second-order valence-corrected chi connectivity index (χ2v) is 12.2. The number of rotatable bonds is 10. The fourth-order valence-corrected chi connectivity index (χ4v) is 5.51. The number of ether oxygens (including phenoxy) is 4. The lowest BCUT2D eigenvalue weighted by Crippen LogP contribution is -2.61. The maximum Gasteiger partial charge on any atom is 0.331 e. The number of phenols is 6. The lowest BCUT2D eigenvalue weighted by Gasteiger charge is -2.41. The Hall–Kier alpha value is -7.01. The lowest BCUT2D eigenvalue weighted by molar-refractivity contribution is -0.281. The standard InChI is InChI=1S/C39H32O16/c40-22-8-1-19(2-9-22)5-13-30(46)51-18-29-33(48)37(54-31(47)14-6-20-3-10-23(41)11-4-20)35(50)39(53-29)55-38-34(49)32-27(45)16-24(42)17-28(32)52-36(38)21-7-12-25(43)26(44)15-21/h1-17,29,33,35,37,39-45,48,50H,18H2. The Labute approximate surface area is 309 Å². The molecule has 1 fully saturated rings. The van der Waals surface area contributed by atoms with Crippen LogP contribution in [0.5, 0.6) is 40.2 Å². The molecule has 8 N–H and O–H groups in total. The molecule has 0 saturated carbocycles. The van der Waals surface area contributed by atoms with Gasteiger partial charge in [-0.3, -0.25) is 4.79 Å². The van der Waals surface area contributed by atoms with E-state index in [0.29, 0.717) is 11.1 Å². The SMILES string of the molecule is O=C(C=Cc1ccc(O)cc1)OCC1OC(Oc2c(-c3ccc(O)c(O)c3)oc3cc(O)cc(O)c3c2=O)C(O)C(OC(=O)C=Cc2ccc(O)cc2)C1O. The highest BCUT2D eigenvalue weighted by atomic mass is 16.7. The van der Waals surface area contributed by atoms with Crippen molar-refractivity contribution in [2.75, 3.05) is 6.61 Å². The quantitative estimate of drug-likeness (QED) is 0.0577. The van der Waals surface area contributed by atoms with Crippen LogP contribution in [-0.2, 0) is 23.8 Å². The molecule has 2 heterocycles. The minimum Gasteiger partial charge on any atom is -0.508 e. The summed E-state index contributed by atoms with van der Waals surface area (Å²) in [6.07, 6.45) is -4.55. The van der Waals surface area contributed by atoms with Crippen molar-refractivity contribution in [1.29, 1.82) is 0 Å². The molecule has 1 aliphatic rings. The number of esters is 2. The van der Waals surface area contributed by atoms with Crippen molar-refractivity contribution in [3.63, 3.8) is 0 Å². The molecular weight excluding hydrogens is 724 g/mol. The first-order valence-electron chi connectivity index (χ1n) is 16.3. The van der Waals surface area contributed by atoms with Gasteiger partial charge in [0.15, 0.2) is 29.5 Å². The van der Waals surface area contributed by atoms with Crippen molar-refractivity contribution in [2.24, 2.45) is 0 Å². The van der Waals surface area contributed by atoms with Crippen LogP contribution in [0.15, 0.2) is 100 Å². The Kier molecular flexibility index (Phi) is 10.9. The molecule has 1 aliphatic heterocycles. The molecule has 0 radical (unpaired) electrons. The first-order valence-corrected chi connectivity index (χ1v) is 16.3. The van der Waals surface area contributed by atoms with Crippen molar-refractivity contribution in [1.82, 2.24) is 0 Å². The predicted octanol–water partition coefficient (Wildman–Crippen LogP) is 3.40. The van der Waals surface area contributed by atoms with E-state index in [2.05, 4.69) is 0 Å². The van der Waals surface area contributed by atoms with Crippen LogP contribution in [0, 0.1) is 0 Å². The van der Waals surface area contributed by atoms with Gasteiger partial charge in [-0.2, -0.15) is 0 Å². The minimum absolute atomic E-state index is 0.0130. The molecule has 0 amide bonds. The van der Waals surface area contributed by atoms with Gasteiger partial charge in [0.2, 0.25) is 17.5 Å². The van der Waals surface area contributed by atoms with Gasteiger partial charge in [0.1, 0.15) is 52.8 Å². The average molecular weight is 757 g/mol. The summed E-state index contributed by atoms with van der Waals surface area (Å²) in [4.78, 5) is 39.5. The molecule has 0 aliphatic carbocycles. The second kappa shape index (κ2) is 15.9. The summed E-state index contributed by atoms with van der Waals surface area (Å²) in [5.74, 6) is -5.47. The molecule has 0 bridgehead atoms. The maximum absolute atomic E-state index is 13.9. The number of carbonyl (C=O) groups excluding carboxylic acids is 2. The van der Waals surface area contributed by atoms with E-state index in [1.165, 1.54) is 66.7 Å². The van der Waals surface area contributed by atoms with Crippen LogP contribution < -0.4 is 10.2 Å². The number of aromatic hydroxyl groups is 6. The Morgan fingerprint density at radius 3 is 1.93 bits per heavy atom. The number of aliphatic hydroxyl groups is 2. The van der Waals surface area contributed by atoms with Crippen LogP contribution in [0.4, 0.5) is 0 Å². The van der Waals surface area contributed by atoms with Crippen LogP contribution in [0.1, 0.15) is 11.1 Å². The smallest absolute Gasteiger partial charge is 0.331 e. The minimum atomic E-state index is -2.05. The van der Waals surface area contributed by atoms with Gasteiger partial charge >= 0.3 is 11.9 Å². The monoisotopic (exact) mass is 756 g/mol. The summed E-state index contributed by atoms with van der Waals surface area (Å²) in [5, 5.41) is 81.9. The van der Waals surface area contributed by atoms with Gasteiger partial charge < -0.3 is 64.2 Å². The fraction of sp³-hybridized carbons (Fsp3) is 0.154. The van der Waals surface area contributed by atoms with Gasteiger partial charge in [-0.15, -0.1) is 0 Å². The number of hydrogen-bond acceptors (Lipinski definition) is 16. The summed E-state index contributed by atoms with van der Waals surface area (Å²) in [5.41, 5.74) is -0.417. The van der Waals surface area contributed by atoms with Gasteiger partial charge in [-0.1, -0.05) is 24.3 Å². The Morgan fingerprint density at radius 1 is 0.691 bits per heavy atom. The molecule has 1 saturated heterocycles. The van der Waals surface area contributed by atoms with Gasteiger partial charge in [0, 0.05) is 29.8 Å². The van der Waals surface area contributed by atoms with Crippen LogP contribution >= 0.6 is 0 Å². The molecule has 16 nitrogen and oxygen atoms in total. The van der Waals surface area contributed by atoms with Gasteiger partial charge in [-0.05, 0) is 65.7 Å². The molecule has 4 aromatic carbocycles.